The minimum atomic E-state index is -0.248. The van der Waals surface area contributed by atoms with Gasteiger partial charge in [-0.15, -0.1) is 12.4 Å². The average Bonchev–Trinajstić information content (AvgIpc) is 2.58. The SMILES string of the molecule is Cl.O=C(C1CNCCO1)N1CCCSCC1. The van der Waals surface area contributed by atoms with Gasteiger partial charge in [-0.05, 0) is 12.2 Å². The first-order valence-corrected chi connectivity index (χ1v) is 6.72. The molecule has 94 valence electrons. The van der Waals surface area contributed by atoms with Crippen molar-refractivity contribution in [1.82, 2.24) is 10.2 Å². The van der Waals surface area contributed by atoms with Gasteiger partial charge >= 0.3 is 0 Å². The van der Waals surface area contributed by atoms with Gasteiger partial charge in [0.15, 0.2) is 0 Å². The van der Waals surface area contributed by atoms with E-state index < -0.39 is 0 Å². The third-order valence-corrected chi connectivity index (χ3v) is 3.79. The predicted molar refractivity (Wildman–Crippen MR) is 68.4 cm³/mol. The summed E-state index contributed by atoms with van der Waals surface area (Å²) < 4.78 is 5.47. The summed E-state index contributed by atoms with van der Waals surface area (Å²) in [4.78, 5) is 14.0. The molecular formula is C10H19ClN2O2S. The highest BCUT2D eigenvalue weighted by Crippen LogP contribution is 2.12. The number of carbonyl (C=O) groups is 1. The molecule has 1 unspecified atom stereocenters. The van der Waals surface area contributed by atoms with Crippen molar-refractivity contribution >= 4 is 30.1 Å². The summed E-state index contributed by atoms with van der Waals surface area (Å²) in [5, 5.41) is 3.19. The molecule has 2 rings (SSSR count). The minimum Gasteiger partial charge on any atom is -0.366 e. The molecule has 0 bridgehead atoms. The molecule has 0 aliphatic carbocycles. The maximum atomic E-state index is 12.1. The van der Waals surface area contributed by atoms with E-state index in [9.17, 15) is 4.79 Å². The number of morpholine rings is 1. The molecule has 2 saturated heterocycles. The molecule has 16 heavy (non-hydrogen) atoms. The Kier molecular flexibility index (Phi) is 6.49. The molecule has 6 heteroatoms. The monoisotopic (exact) mass is 266 g/mol. The number of hydrogen-bond donors (Lipinski definition) is 1. The van der Waals surface area contributed by atoms with Crippen molar-refractivity contribution in [3.8, 4) is 0 Å². The van der Waals surface area contributed by atoms with Gasteiger partial charge in [-0.2, -0.15) is 11.8 Å². The number of nitrogens with zero attached hydrogens (tertiary/aromatic N) is 1. The molecule has 0 spiro atoms. The van der Waals surface area contributed by atoms with Crippen molar-refractivity contribution in [2.75, 3.05) is 44.3 Å². The fraction of sp³-hybridized carbons (Fsp3) is 0.900. The number of nitrogens with one attached hydrogen (secondary N) is 1. The maximum absolute atomic E-state index is 12.1. The lowest BCUT2D eigenvalue weighted by molar-refractivity contribution is -0.144. The van der Waals surface area contributed by atoms with Gasteiger partial charge in [0.2, 0.25) is 0 Å². The Morgan fingerprint density at radius 2 is 2.25 bits per heavy atom. The lowest BCUT2D eigenvalue weighted by Crippen LogP contribution is -2.49. The van der Waals surface area contributed by atoms with Gasteiger partial charge in [0.05, 0.1) is 6.61 Å². The number of rotatable bonds is 1. The van der Waals surface area contributed by atoms with Crippen molar-refractivity contribution in [2.24, 2.45) is 0 Å². The van der Waals surface area contributed by atoms with Gasteiger partial charge in [-0.25, -0.2) is 0 Å². The van der Waals surface area contributed by atoms with E-state index in [1.165, 1.54) is 5.75 Å². The Balaban J connectivity index is 0.00000128. The van der Waals surface area contributed by atoms with Gasteiger partial charge in [0, 0.05) is 31.9 Å². The van der Waals surface area contributed by atoms with Gasteiger partial charge in [0.1, 0.15) is 6.10 Å². The van der Waals surface area contributed by atoms with Crippen LogP contribution in [-0.2, 0) is 9.53 Å². The Bertz CT molecular complexity index is 217. The van der Waals surface area contributed by atoms with Crippen LogP contribution in [0.5, 0.6) is 0 Å². The molecule has 0 aromatic heterocycles. The second kappa shape index (κ2) is 7.37. The van der Waals surface area contributed by atoms with Crippen LogP contribution in [-0.4, -0.2) is 61.2 Å². The summed E-state index contributed by atoms with van der Waals surface area (Å²) in [6, 6.07) is 0. The zero-order valence-electron chi connectivity index (χ0n) is 9.31. The normalized spacial score (nSPS) is 26.8. The van der Waals surface area contributed by atoms with Crippen LogP contribution >= 0.6 is 24.2 Å². The van der Waals surface area contributed by atoms with Crippen LogP contribution in [0.3, 0.4) is 0 Å². The van der Waals surface area contributed by atoms with Crippen molar-refractivity contribution < 1.29 is 9.53 Å². The van der Waals surface area contributed by atoms with E-state index >= 15 is 0 Å². The van der Waals surface area contributed by atoms with E-state index in [1.807, 2.05) is 16.7 Å². The fourth-order valence-corrected chi connectivity index (χ4v) is 2.78. The van der Waals surface area contributed by atoms with Crippen molar-refractivity contribution in [3.63, 3.8) is 0 Å². The minimum absolute atomic E-state index is 0. The molecule has 1 amide bonds. The molecule has 2 aliphatic heterocycles. The second-order valence-electron chi connectivity index (χ2n) is 3.85. The molecule has 1 atom stereocenters. The summed E-state index contributed by atoms with van der Waals surface area (Å²) in [7, 11) is 0. The summed E-state index contributed by atoms with van der Waals surface area (Å²) in [6.07, 6.45) is 0.859. The highest BCUT2D eigenvalue weighted by Gasteiger charge is 2.26. The summed E-state index contributed by atoms with van der Waals surface area (Å²) >= 11 is 1.93. The van der Waals surface area contributed by atoms with Crippen molar-refractivity contribution in [3.05, 3.63) is 0 Å². The van der Waals surface area contributed by atoms with Crippen LogP contribution < -0.4 is 5.32 Å². The number of hydrogen-bond acceptors (Lipinski definition) is 4. The largest absolute Gasteiger partial charge is 0.366 e. The highest BCUT2D eigenvalue weighted by atomic mass is 35.5. The van der Waals surface area contributed by atoms with Crippen LogP contribution in [0.25, 0.3) is 0 Å². The molecule has 4 nitrogen and oxygen atoms in total. The maximum Gasteiger partial charge on any atom is 0.253 e. The third-order valence-electron chi connectivity index (χ3n) is 2.74. The second-order valence-corrected chi connectivity index (χ2v) is 5.08. The number of amides is 1. The Morgan fingerprint density at radius 1 is 1.38 bits per heavy atom. The van der Waals surface area contributed by atoms with Crippen molar-refractivity contribution in [1.29, 1.82) is 0 Å². The first-order chi connectivity index (χ1) is 7.38. The Labute approximate surface area is 107 Å². The quantitative estimate of drug-likeness (QED) is 0.744. The molecule has 2 aliphatic rings. The smallest absolute Gasteiger partial charge is 0.253 e. The van der Waals surface area contributed by atoms with E-state index in [4.69, 9.17) is 4.74 Å². The highest BCUT2D eigenvalue weighted by molar-refractivity contribution is 7.99. The fourth-order valence-electron chi connectivity index (χ4n) is 1.89. The van der Waals surface area contributed by atoms with Gasteiger partial charge in [0.25, 0.3) is 5.91 Å². The molecule has 2 heterocycles. The van der Waals surface area contributed by atoms with E-state index in [0.717, 1.165) is 31.8 Å². The van der Waals surface area contributed by atoms with Gasteiger partial charge < -0.3 is 15.0 Å². The topological polar surface area (TPSA) is 41.6 Å². The molecule has 0 aromatic rings. The lowest BCUT2D eigenvalue weighted by atomic mass is 10.2. The van der Waals surface area contributed by atoms with E-state index in [-0.39, 0.29) is 24.4 Å². The zero-order valence-corrected chi connectivity index (χ0v) is 10.9. The average molecular weight is 267 g/mol. The molecule has 0 radical (unpaired) electrons. The number of halogens is 1. The first kappa shape index (κ1) is 14.1. The molecular weight excluding hydrogens is 248 g/mol. The Morgan fingerprint density at radius 3 is 3.00 bits per heavy atom. The number of ether oxygens (including phenoxy) is 1. The molecule has 0 aromatic carbocycles. The summed E-state index contributed by atoms with van der Waals surface area (Å²) in [5.74, 6) is 2.41. The number of thioether (sulfide) groups is 1. The van der Waals surface area contributed by atoms with Crippen LogP contribution in [0.2, 0.25) is 0 Å². The van der Waals surface area contributed by atoms with E-state index in [1.54, 1.807) is 0 Å². The number of carbonyl (C=O) groups excluding carboxylic acids is 1. The lowest BCUT2D eigenvalue weighted by Gasteiger charge is -2.28. The van der Waals surface area contributed by atoms with E-state index in [2.05, 4.69) is 5.32 Å². The molecule has 1 N–H and O–H groups in total. The van der Waals surface area contributed by atoms with Crippen LogP contribution in [0, 0.1) is 0 Å². The van der Waals surface area contributed by atoms with Crippen LogP contribution in [0.4, 0.5) is 0 Å². The van der Waals surface area contributed by atoms with Gasteiger partial charge in [-0.1, -0.05) is 0 Å². The summed E-state index contributed by atoms with van der Waals surface area (Å²) in [6.45, 7) is 3.95. The van der Waals surface area contributed by atoms with Crippen LogP contribution in [0.1, 0.15) is 6.42 Å². The first-order valence-electron chi connectivity index (χ1n) is 5.57. The molecule has 0 saturated carbocycles. The van der Waals surface area contributed by atoms with Gasteiger partial charge in [-0.3, -0.25) is 4.79 Å². The third kappa shape index (κ3) is 3.80. The Hall–Kier alpha value is 0.0300. The molecule has 2 fully saturated rings. The standard InChI is InChI=1S/C10H18N2O2S.ClH/c13-10(9-8-11-2-5-14-9)12-3-1-6-15-7-4-12;/h9,11H,1-8H2;1H. The summed E-state index contributed by atoms with van der Waals surface area (Å²) in [5.41, 5.74) is 0. The van der Waals surface area contributed by atoms with Crippen LogP contribution in [0.15, 0.2) is 0 Å². The van der Waals surface area contributed by atoms with E-state index in [0.29, 0.717) is 13.2 Å². The zero-order chi connectivity index (χ0) is 10.5. The van der Waals surface area contributed by atoms with Crippen molar-refractivity contribution in [2.45, 2.75) is 12.5 Å². The predicted octanol–water partition coefficient (Wildman–Crippen LogP) is 0.362.